The second-order valence-electron chi connectivity index (χ2n) is 12.6. The summed E-state index contributed by atoms with van der Waals surface area (Å²) in [6.07, 6.45) is 0.284. The summed E-state index contributed by atoms with van der Waals surface area (Å²) in [7, 11) is 6.90. The Labute approximate surface area is 244 Å². The molecule has 12 nitrogen and oxygen atoms in total. The van der Waals surface area contributed by atoms with Crippen LogP contribution in [0.5, 0.6) is 5.75 Å². The number of aliphatic hydroxyl groups excluding tert-OH is 2. The average molecular weight is 585 g/mol. The Hall–Kier alpha value is -3.45. The molecule has 1 heterocycles. The maximum absolute atomic E-state index is 14.2. The van der Waals surface area contributed by atoms with Gasteiger partial charge in [-0.3, -0.25) is 24.2 Å². The molecule has 4 aliphatic rings. The molecule has 0 bridgehead atoms. The number of allylic oxidation sites excluding steroid dienone is 1. The van der Waals surface area contributed by atoms with Crippen LogP contribution in [0, 0.1) is 11.8 Å². The van der Waals surface area contributed by atoms with Gasteiger partial charge in [0.15, 0.2) is 11.4 Å². The number of ether oxygens (including phenoxy) is 1. The van der Waals surface area contributed by atoms with E-state index in [2.05, 4.69) is 4.90 Å². The molecule has 1 aromatic rings. The van der Waals surface area contributed by atoms with E-state index in [1.165, 1.54) is 4.90 Å². The summed E-state index contributed by atoms with van der Waals surface area (Å²) in [5.41, 5.74) is 3.65. The van der Waals surface area contributed by atoms with Crippen LogP contribution in [0.1, 0.15) is 41.8 Å². The standard InChI is InChI=1S/C30H40N4O8/c1-13-10-34(11-14(2)42-13)12-16-9-19(32(3)4)17-7-15-8-18-23(33(5)6)26(37)22(29(31)40)28(39)30(18,41)27(38)20(15)25(36)21(17)24(16)35/h9,13-15,18,23,35,37-38,41H,7-8,10-12H2,1-6H3,(H2,31,40)/t13?,14?,15-,18-,23-,30-/m0/s1. The molecule has 0 aromatic heterocycles. The molecular weight excluding hydrogens is 544 g/mol. The number of ketones is 2. The van der Waals surface area contributed by atoms with Crippen molar-refractivity contribution in [3.05, 3.63) is 45.4 Å². The molecule has 6 atom stereocenters. The Morgan fingerprint density at radius 3 is 2.29 bits per heavy atom. The number of carbonyl (C=O) groups is 3. The highest BCUT2D eigenvalue weighted by molar-refractivity contribution is 6.25. The third kappa shape index (κ3) is 4.39. The van der Waals surface area contributed by atoms with Gasteiger partial charge in [0.25, 0.3) is 5.91 Å². The van der Waals surface area contributed by atoms with Crippen LogP contribution in [0.4, 0.5) is 5.69 Å². The SMILES string of the molecule is CC1CN(Cc2cc(N(C)C)c3c(c2O)C(=O)C2=C(O)[C@]4(O)C(=O)C(C(N)=O)=C(O)[C@@H](N(C)C)[C@@H]4C[C@@H]2C3)CC(C)O1. The molecule has 1 aliphatic heterocycles. The van der Waals surface area contributed by atoms with Crippen LogP contribution in [0.15, 0.2) is 28.7 Å². The Balaban J connectivity index is 1.66. The highest BCUT2D eigenvalue weighted by atomic mass is 16.5. The Bertz CT molecular complexity index is 1420. The monoisotopic (exact) mass is 584 g/mol. The van der Waals surface area contributed by atoms with Crippen LogP contribution < -0.4 is 10.6 Å². The molecule has 0 radical (unpaired) electrons. The molecule has 3 aliphatic carbocycles. The minimum Gasteiger partial charge on any atom is -0.510 e. The minimum atomic E-state index is -2.66. The number of phenolic OH excluding ortho intramolecular Hbond substituents is 1. The fourth-order valence-corrected chi connectivity index (χ4v) is 7.53. The predicted octanol–water partition coefficient (Wildman–Crippen LogP) is 0.796. The number of aliphatic hydroxyl groups is 3. The zero-order chi connectivity index (χ0) is 31.0. The molecule has 1 amide bonds. The van der Waals surface area contributed by atoms with Crippen molar-refractivity contribution in [3.63, 3.8) is 0 Å². The number of primary amides is 1. The van der Waals surface area contributed by atoms with E-state index >= 15 is 0 Å². The number of phenols is 1. The van der Waals surface area contributed by atoms with E-state index in [1.807, 2.05) is 38.9 Å². The summed E-state index contributed by atoms with van der Waals surface area (Å²) in [4.78, 5) is 45.5. The van der Waals surface area contributed by atoms with Crippen molar-refractivity contribution < 1.29 is 39.5 Å². The molecule has 1 fully saturated rings. The molecular formula is C30H40N4O8. The van der Waals surface area contributed by atoms with E-state index < -0.39 is 58.0 Å². The molecule has 6 N–H and O–H groups in total. The number of benzene rings is 1. The number of anilines is 1. The molecule has 1 aromatic carbocycles. The molecule has 1 saturated heterocycles. The van der Waals surface area contributed by atoms with Crippen molar-refractivity contribution in [2.45, 2.75) is 57.1 Å². The van der Waals surface area contributed by atoms with Crippen molar-refractivity contribution in [1.29, 1.82) is 0 Å². The van der Waals surface area contributed by atoms with Gasteiger partial charge in [-0.2, -0.15) is 0 Å². The van der Waals surface area contributed by atoms with Crippen LogP contribution in [0.25, 0.3) is 0 Å². The first-order valence-electron chi connectivity index (χ1n) is 14.2. The maximum atomic E-state index is 14.2. The van der Waals surface area contributed by atoms with E-state index in [-0.39, 0.29) is 41.9 Å². The highest BCUT2D eigenvalue weighted by Gasteiger charge is 2.63. The van der Waals surface area contributed by atoms with Gasteiger partial charge in [-0.1, -0.05) is 0 Å². The second kappa shape index (κ2) is 10.4. The van der Waals surface area contributed by atoms with Crippen LogP contribution in [-0.4, -0.2) is 113 Å². The topological polar surface area (TPSA) is 177 Å². The lowest BCUT2D eigenvalue weighted by atomic mass is 9.58. The fourth-order valence-electron chi connectivity index (χ4n) is 7.53. The zero-order valence-electron chi connectivity index (χ0n) is 24.8. The van der Waals surface area contributed by atoms with Crippen molar-refractivity contribution in [1.82, 2.24) is 9.80 Å². The minimum absolute atomic E-state index is 0.0000575. The predicted molar refractivity (Wildman–Crippen MR) is 153 cm³/mol. The number of Topliss-reactive ketones (excluding diaryl/α,β-unsaturated/α-hetero) is 2. The first-order chi connectivity index (χ1) is 19.6. The largest absolute Gasteiger partial charge is 0.510 e. The number of nitrogens with two attached hydrogens (primary N) is 1. The number of hydrogen-bond donors (Lipinski definition) is 5. The van der Waals surface area contributed by atoms with Gasteiger partial charge < -0.3 is 35.8 Å². The molecule has 12 heteroatoms. The molecule has 5 rings (SSSR count). The van der Waals surface area contributed by atoms with Crippen molar-refractivity contribution in [2.24, 2.45) is 17.6 Å². The summed E-state index contributed by atoms with van der Waals surface area (Å²) >= 11 is 0. The third-order valence-corrected chi connectivity index (χ3v) is 9.15. The number of amides is 1. The van der Waals surface area contributed by atoms with Gasteiger partial charge in [-0.05, 0) is 58.3 Å². The Morgan fingerprint density at radius 1 is 1.12 bits per heavy atom. The molecule has 228 valence electrons. The number of hydrogen-bond acceptors (Lipinski definition) is 11. The van der Waals surface area contributed by atoms with Crippen LogP contribution in [-0.2, 0) is 27.3 Å². The van der Waals surface area contributed by atoms with Gasteiger partial charge in [-0.25, -0.2) is 0 Å². The van der Waals surface area contributed by atoms with Crippen LogP contribution in [0.3, 0.4) is 0 Å². The Kier molecular flexibility index (Phi) is 7.41. The van der Waals surface area contributed by atoms with Gasteiger partial charge in [0.1, 0.15) is 22.8 Å². The van der Waals surface area contributed by atoms with Crippen LogP contribution in [0.2, 0.25) is 0 Å². The highest BCUT2D eigenvalue weighted by Crippen LogP contribution is 2.53. The smallest absolute Gasteiger partial charge is 0.255 e. The van der Waals surface area contributed by atoms with E-state index in [0.29, 0.717) is 30.8 Å². The molecule has 42 heavy (non-hydrogen) atoms. The summed E-state index contributed by atoms with van der Waals surface area (Å²) in [5.74, 6) is -6.54. The van der Waals surface area contributed by atoms with Gasteiger partial charge in [0.2, 0.25) is 5.78 Å². The third-order valence-electron chi connectivity index (χ3n) is 9.15. The van der Waals surface area contributed by atoms with Crippen molar-refractivity contribution in [3.8, 4) is 5.75 Å². The molecule has 0 saturated carbocycles. The number of nitrogens with zero attached hydrogens (tertiary/aromatic N) is 3. The number of aromatic hydroxyl groups is 1. The second-order valence-corrected chi connectivity index (χ2v) is 12.6. The van der Waals surface area contributed by atoms with Crippen molar-refractivity contribution >= 4 is 23.2 Å². The number of fused-ring (bicyclic) bond motifs is 3. The van der Waals surface area contributed by atoms with Gasteiger partial charge >= 0.3 is 0 Å². The number of carbonyl (C=O) groups excluding carboxylic acids is 3. The van der Waals surface area contributed by atoms with Gasteiger partial charge in [0.05, 0.1) is 23.8 Å². The number of rotatable bonds is 5. The first kappa shape index (κ1) is 30.0. The lowest BCUT2D eigenvalue weighted by Gasteiger charge is -2.50. The quantitative estimate of drug-likeness (QED) is 0.309. The first-order valence-corrected chi connectivity index (χ1v) is 14.2. The average Bonchev–Trinajstić information content (AvgIpc) is 2.86. The van der Waals surface area contributed by atoms with Crippen LogP contribution >= 0.6 is 0 Å². The summed E-state index contributed by atoms with van der Waals surface area (Å²) in [5, 5.41) is 45.9. The molecule has 0 spiro atoms. The van der Waals surface area contributed by atoms with E-state index in [9.17, 15) is 34.8 Å². The summed E-state index contributed by atoms with van der Waals surface area (Å²) in [6, 6.07) is 0.846. The van der Waals surface area contributed by atoms with Crippen molar-refractivity contribution in [2.75, 3.05) is 46.2 Å². The van der Waals surface area contributed by atoms with E-state index in [4.69, 9.17) is 10.5 Å². The summed E-state index contributed by atoms with van der Waals surface area (Å²) < 4.78 is 5.84. The Morgan fingerprint density at radius 2 is 1.74 bits per heavy atom. The maximum Gasteiger partial charge on any atom is 0.255 e. The van der Waals surface area contributed by atoms with Gasteiger partial charge in [-0.15, -0.1) is 0 Å². The normalized spacial score (nSPS) is 31.7. The number of likely N-dealkylation sites (N-methyl/N-ethyl adjacent to an activating group) is 1. The van der Waals surface area contributed by atoms with E-state index in [0.717, 1.165) is 5.69 Å². The zero-order valence-corrected chi connectivity index (χ0v) is 24.8. The van der Waals surface area contributed by atoms with Gasteiger partial charge in [0, 0.05) is 56.5 Å². The molecule has 2 unspecified atom stereocenters. The lowest BCUT2D eigenvalue weighted by Crippen LogP contribution is -2.63. The lowest BCUT2D eigenvalue weighted by molar-refractivity contribution is -0.148. The van der Waals surface area contributed by atoms with E-state index in [1.54, 1.807) is 14.1 Å². The summed E-state index contributed by atoms with van der Waals surface area (Å²) in [6.45, 7) is 5.61. The number of morpholine rings is 1. The fraction of sp³-hybridized carbons (Fsp3) is 0.567.